The zero-order valence-electron chi connectivity index (χ0n) is 18.9. The second-order valence-electron chi connectivity index (χ2n) is 9.20. The van der Waals surface area contributed by atoms with Gasteiger partial charge in [-0.05, 0) is 38.0 Å². The summed E-state index contributed by atoms with van der Waals surface area (Å²) in [5, 5.41) is 0. The highest BCUT2D eigenvalue weighted by atomic mass is 16.6. The highest BCUT2D eigenvalue weighted by Gasteiger charge is 2.63. The van der Waals surface area contributed by atoms with Crippen molar-refractivity contribution in [2.24, 2.45) is 5.92 Å². The zero-order valence-corrected chi connectivity index (χ0v) is 18.9. The fourth-order valence-electron chi connectivity index (χ4n) is 4.75. The summed E-state index contributed by atoms with van der Waals surface area (Å²) in [5.74, 6) is -2.44. The third-order valence-electron chi connectivity index (χ3n) is 5.99. The number of nitrogens with zero attached hydrogens (tertiary/aromatic N) is 2. The molecule has 2 heterocycles. The molecule has 1 saturated heterocycles. The predicted octanol–water partition coefficient (Wildman–Crippen LogP) is 3.82. The molecule has 2 atom stereocenters. The molecule has 170 valence electrons. The van der Waals surface area contributed by atoms with Gasteiger partial charge in [-0.1, -0.05) is 54.6 Å². The second-order valence-corrected chi connectivity index (χ2v) is 9.20. The average Bonchev–Trinajstić information content (AvgIpc) is 3.19. The number of fused-ring (bicyclic) bond motifs is 1. The van der Waals surface area contributed by atoms with Crippen molar-refractivity contribution in [3.63, 3.8) is 0 Å². The SMILES string of the molecule is C=CCN1C(=O)C[C@@H](C2(c3ccccc3)C(=O)N(C(=O)OC(C)(C)C)c3ccccc32)C1=O. The van der Waals surface area contributed by atoms with Crippen LogP contribution in [0.1, 0.15) is 38.3 Å². The van der Waals surface area contributed by atoms with E-state index in [0.29, 0.717) is 16.8 Å². The highest BCUT2D eigenvalue weighted by molar-refractivity contribution is 6.24. The first-order valence-corrected chi connectivity index (χ1v) is 10.8. The minimum absolute atomic E-state index is 0.0602. The van der Waals surface area contributed by atoms with Crippen LogP contribution in [-0.4, -0.2) is 40.9 Å². The third-order valence-corrected chi connectivity index (χ3v) is 5.99. The number of likely N-dealkylation sites (tertiary alicyclic amines) is 1. The average molecular weight is 447 g/mol. The first kappa shape index (κ1) is 22.5. The maximum Gasteiger partial charge on any atom is 0.421 e. The molecule has 2 aliphatic rings. The van der Waals surface area contributed by atoms with Crippen molar-refractivity contribution in [1.82, 2.24) is 4.90 Å². The zero-order chi connectivity index (χ0) is 24.0. The van der Waals surface area contributed by atoms with E-state index in [1.807, 2.05) is 0 Å². The van der Waals surface area contributed by atoms with Crippen molar-refractivity contribution in [3.8, 4) is 0 Å². The van der Waals surface area contributed by atoms with Gasteiger partial charge in [-0.25, -0.2) is 9.69 Å². The van der Waals surface area contributed by atoms with E-state index >= 15 is 0 Å². The Morgan fingerprint density at radius 1 is 1.09 bits per heavy atom. The number of para-hydroxylation sites is 1. The molecule has 4 amide bonds. The minimum atomic E-state index is -1.54. The van der Waals surface area contributed by atoms with E-state index in [9.17, 15) is 19.2 Å². The molecule has 2 aliphatic heterocycles. The topological polar surface area (TPSA) is 84.0 Å². The van der Waals surface area contributed by atoms with Crippen LogP contribution in [0, 0.1) is 5.92 Å². The summed E-state index contributed by atoms with van der Waals surface area (Å²) in [4.78, 5) is 55.8. The van der Waals surface area contributed by atoms with Crippen molar-refractivity contribution >= 4 is 29.5 Å². The Labute approximate surface area is 192 Å². The van der Waals surface area contributed by atoms with Crippen LogP contribution in [0.25, 0.3) is 0 Å². The van der Waals surface area contributed by atoms with Crippen LogP contribution in [0.4, 0.5) is 10.5 Å². The lowest BCUT2D eigenvalue weighted by Crippen LogP contribution is -2.51. The lowest BCUT2D eigenvalue weighted by molar-refractivity contribution is -0.140. The van der Waals surface area contributed by atoms with Crippen LogP contribution in [0.2, 0.25) is 0 Å². The van der Waals surface area contributed by atoms with Crippen molar-refractivity contribution in [1.29, 1.82) is 0 Å². The molecule has 7 heteroatoms. The summed E-state index contributed by atoms with van der Waals surface area (Å²) in [5.41, 5.74) is -0.983. The molecule has 0 aliphatic carbocycles. The van der Waals surface area contributed by atoms with Gasteiger partial charge in [-0.3, -0.25) is 19.3 Å². The molecule has 33 heavy (non-hydrogen) atoms. The number of imide groups is 2. The van der Waals surface area contributed by atoms with E-state index in [1.54, 1.807) is 75.4 Å². The molecule has 0 spiro atoms. The smallest absolute Gasteiger partial charge is 0.421 e. The lowest BCUT2D eigenvalue weighted by Gasteiger charge is -2.33. The first-order chi connectivity index (χ1) is 15.6. The summed E-state index contributed by atoms with van der Waals surface area (Å²) in [7, 11) is 0. The number of carbonyl (C=O) groups is 4. The van der Waals surface area contributed by atoms with E-state index < -0.39 is 34.8 Å². The highest BCUT2D eigenvalue weighted by Crippen LogP contribution is 2.53. The van der Waals surface area contributed by atoms with Gasteiger partial charge in [-0.2, -0.15) is 0 Å². The third kappa shape index (κ3) is 3.44. The predicted molar refractivity (Wildman–Crippen MR) is 122 cm³/mol. The second kappa shape index (κ2) is 7.99. The summed E-state index contributed by atoms with van der Waals surface area (Å²) in [6.45, 7) is 8.84. The van der Waals surface area contributed by atoms with Gasteiger partial charge in [0.1, 0.15) is 11.0 Å². The molecule has 2 aromatic rings. The molecule has 0 aromatic heterocycles. The number of amides is 4. The number of ether oxygens (including phenoxy) is 1. The van der Waals surface area contributed by atoms with E-state index in [0.717, 1.165) is 9.80 Å². The molecular weight excluding hydrogens is 420 g/mol. The maximum absolute atomic E-state index is 14.2. The normalized spacial score (nSPS) is 22.5. The van der Waals surface area contributed by atoms with Gasteiger partial charge in [-0.15, -0.1) is 6.58 Å². The summed E-state index contributed by atoms with van der Waals surface area (Å²) >= 11 is 0. The summed E-state index contributed by atoms with van der Waals surface area (Å²) < 4.78 is 5.54. The number of hydrogen-bond donors (Lipinski definition) is 0. The van der Waals surface area contributed by atoms with Crippen LogP contribution in [0.15, 0.2) is 67.3 Å². The molecule has 1 fully saturated rings. The summed E-state index contributed by atoms with van der Waals surface area (Å²) in [6, 6.07) is 15.7. The van der Waals surface area contributed by atoms with Crippen LogP contribution >= 0.6 is 0 Å². The van der Waals surface area contributed by atoms with Gasteiger partial charge >= 0.3 is 6.09 Å². The molecule has 4 rings (SSSR count). The van der Waals surface area contributed by atoms with Crippen molar-refractivity contribution in [2.45, 2.75) is 38.2 Å². The Balaban J connectivity index is 1.96. The van der Waals surface area contributed by atoms with Crippen LogP contribution in [0.3, 0.4) is 0 Å². The standard InChI is InChI=1S/C26H26N2O5/c1-5-15-27-21(29)16-19(22(27)30)26(17-11-7-6-8-12-17)18-13-9-10-14-20(18)28(23(26)31)24(32)33-25(2,3)4/h5-14,19H,1,15-16H2,2-4H3/t19-,26?/m1/s1. The Morgan fingerprint density at radius 2 is 1.73 bits per heavy atom. The Bertz CT molecular complexity index is 1150. The van der Waals surface area contributed by atoms with Gasteiger partial charge in [0.05, 0.1) is 11.6 Å². The number of hydrogen-bond acceptors (Lipinski definition) is 5. The van der Waals surface area contributed by atoms with Crippen molar-refractivity contribution in [2.75, 3.05) is 11.4 Å². The van der Waals surface area contributed by atoms with Crippen molar-refractivity contribution in [3.05, 3.63) is 78.4 Å². The number of anilines is 1. The van der Waals surface area contributed by atoms with Crippen molar-refractivity contribution < 1.29 is 23.9 Å². The van der Waals surface area contributed by atoms with Crippen LogP contribution < -0.4 is 4.90 Å². The number of benzene rings is 2. The first-order valence-electron chi connectivity index (χ1n) is 10.8. The molecular formula is C26H26N2O5. The van der Waals surface area contributed by atoms with Gasteiger partial charge in [0.2, 0.25) is 11.8 Å². The van der Waals surface area contributed by atoms with E-state index in [-0.39, 0.29) is 18.9 Å². The Morgan fingerprint density at radius 3 is 2.36 bits per heavy atom. The monoisotopic (exact) mass is 446 g/mol. The van der Waals surface area contributed by atoms with Gasteiger partial charge in [0, 0.05) is 13.0 Å². The molecule has 0 radical (unpaired) electrons. The minimum Gasteiger partial charge on any atom is -0.443 e. The number of rotatable bonds is 4. The van der Waals surface area contributed by atoms with Crippen LogP contribution in [0.5, 0.6) is 0 Å². The van der Waals surface area contributed by atoms with Gasteiger partial charge < -0.3 is 4.74 Å². The van der Waals surface area contributed by atoms with E-state index in [4.69, 9.17) is 4.74 Å². The molecule has 2 aromatic carbocycles. The molecule has 0 bridgehead atoms. The van der Waals surface area contributed by atoms with E-state index in [1.165, 1.54) is 6.08 Å². The molecule has 7 nitrogen and oxygen atoms in total. The number of carbonyl (C=O) groups excluding carboxylic acids is 4. The van der Waals surface area contributed by atoms with E-state index in [2.05, 4.69) is 6.58 Å². The molecule has 0 N–H and O–H groups in total. The Kier molecular flexibility index (Phi) is 5.44. The van der Waals surface area contributed by atoms with Crippen LogP contribution in [-0.2, 0) is 24.5 Å². The largest absolute Gasteiger partial charge is 0.443 e. The lowest BCUT2D eigenvalue weighted by atomic mass is 9.65. The van der Waals surface area contributed by atoms with Gasteiger partial charge in [0.25, 0.3) is 5.91 Å². The quantitative estimate of drug-likeness (QED) is 0.527. The molecule has 0 saturated carbocycles. The molecule has 1 unspecified atom stereocenters. The fraction of sp³-hybridized carbons (Fsp3) is 0.308. The maximum atomic E-state index is 14.2. The van der Waals surface area contributed by atoms with Gasteiger partial charge in [0.15, 0.2) is 0 Å². The Hall–Kier alpha value is -3.74. The fourth-order valence-corrected chi connectivity index (χ4v) is 4.75. The summed E-state index contributed by atoms with van der Waals surface area (Å²) in [6.07, 6.45) is 0.506.